The van der Waals surface area contributed by atoms with Crippen molar-refractivity contribution in [2.75, 3.05) is 38.8 Å². The molecule has 0 heterocycles. The molecule has 0 saturated carbocycles. The normalized spacial score (nSPS) is 11.9. The van der Waals surface area contributed by atoms with Crippen molar-refractivity contribution in [2.24, 2.45) is 5.73 Å². The van der Waals surface area contributed by atoms with Crippen LogP contribution in [0, 0.1) is 0 Å². The van der Waals surface area contributed by atoms with Gasteiger partial charge in [-0.3, -0.25) is 0 Å². The Labute approximate surface area is 119 Å². The number of benzene rings is 1. The summed E-state index contributed by atoms with van der Waals surface area (Å²) in [6.07, 6.45) is 0. The highest BCUT2D eigenvalue weighted by Gasteiger charge is 2.02. The van der Waals surface area contributed by atoms with Gasteiger partial charge in [0, 0.05) is 25.4 Å². The second-order valence-electron chi connectivity index (χ2n) is 4.40. The lowest BCUT2D eigenvalue weighted by Gasteiger charge is -2.10. The molecule has 1 rings (SSSR count). The predicted octanol–water partition coefficient (Wildman–Crippen LogP) is 1.49. The number of carbonyl (C=O) groups is 1. The van der Waals surface area contributed by atoms with Crippen molar-refractivity contribution in [2.45, 2.75) is 13.0 Å². The van der Waals surface area contributed by atoms with Crippen LogP contribution >= 0.6 is 0 Å². The fourth-order valence-corrected chi connectivity index (χ4v) is 1.53. The Morgan fingerprint density at radius 1 is 1.25 bits per heavy atom. The van der Waals surface area contributed by atoms with E-state index in [9.17, 15) is 4.79 Å². The second-order valence-corrected chi connectivity index (χ2v) is 4.40. The lowest BCUT2D eigenvalue weighted by Crippen LogP contribution is -2.31. The monoisotopic (exact) mass is 281 g/mol. The molecule has 0 aromatic heterocycles. The minimum atomic E-state index is -0.256. The fraction of sp³-hybridized carbons (Fsp3) is 0.500. The van der Waals surface area contributed by atoms with Gasteiger partial charge in [-0.1, -0.05) is 12.1 Å². The molecule has 1 aromatic rings. The number of rotatable bonds is 8. The fourth-order valence-electron chi connectivity index (χ4n) is 1.53. The molecule has 0 aliphatic carbocycles. The summed E-state index contributed by atoms with van der Waals surface area (Å²) < 4.78 is 10.1. The van der Waals surface area contributed by atoms with E-state index in [4.69, 9.17) is 15.2 Å². The average molecular weight is 281 g/mol. The van der Waals surface area contributed by atoms with E-state index in [0.717, 1.165) is 11.3 Å². The van der Waals surface area contributed by atoms with E-state index in [2.05, 4.69) is 10.6 Å². The SMILES string of the molecule is COCCOCCNC(=O)Nc1ccc(C(C)N)cc1. The van der Waals surface area contributed by atoms with Crippen molar-refractivity contribution in [3.05, 3.63) is 29.8 Å². The number of nitrogens with one attached hydrogen (secondary N) is 2. The van der Waals surface area contributed by atoms with Gasteiger partial charge in [-0.05, 0) is 24.6 Å². The van der Waals surface area contributed by atoms with Gasteiger partial charge >= 0.3 is 6.03 Å². The lowest BCUT2D eigenvalue weighted by atomic mass is 10.1. The highest BCUT2D eigenvalue weighted by atomic mass is 16.5. The van der Waals surface area contributed by atoms with Gasteiger partial charge < -0.3 is 25.8 Å². The summed E-state index contributed by atoms with van der Waals surface area (Å²) in [5, 5.41) is 5.44. The zero-order valence-electron chi connectivity index (χ0n) is 12.0. The molecule has 112 valence electrons. The maximum absolute atomic E-state index is 11.6. The zero-order chi connectivity index (χ0) is 14.8. The molecule has 0 saturated heterocycles. The van der Waals surface area contributed by atoms with Crippen molar-refractivity contribution in [1.82, 2.24) is 5.32 Å². The average Bonchev–Trinajstić information content (AvgIpc) is 2.43. The predicted molar refractivity (Wildman–Crippen MR) is 78.8 cm³/mol. The summed E-state index contributed by atoms with van der Waals surface area (Å²) >= 11 is 0. The third-order valence-electron chi connectivity index (χ3n) is 2.66. The topological polar surface area (TPSA) is 85.6 Å². The number of hydrogen-bond donors (Lipinski definition) is 3. The van der Waals surface area contributed by atoms with Crippen LogP contribution in [0.4, 0.5) is 10.5 Å². The van der Waals surface area contributed by atoms with E-state index in [-0.39, 0.29) is 12.1 Å². The van der Waals surface area contributed by atoms with Crippen LogP contribution in [0.1, 0.15) is 18.5 Å². The van der Waals surface area contributed by atoms with Gasteiger partial charge in [-0.2, -0.15) is 0 Å². The van der Waals surface area contributed by atoms with Crippen molar-refractivity contribution < 1.29 is 14.3 Å². The molecule has 0 aliphatic rings. The van der Waals surface area contributed by atoms with Gasteiger partial charge in [0.15, 0.2) is 0 Å². The first kappa shape index (κ1) is 16.4. The van der Waals surface area contributed by atoms with Crippen LogP contribution in [0.5, 0.6) is 0 Å². The number of urea groups is 1. The zero-order valence-corrected chi connectivity index (χ0v) is 12.0. The van der Waals surface area contributed by atoms with E-state index < -0.39 is 0 Å². The van der Waals surface area contributed by atoms with Gasteiger partial charge in [0.25, 0.3) is 0 Å². The van der Waals surface area contributed by atoms with Gasteiger partial charge in [0.05, 0.1) is 19.8 Å². The van der Waals surface area contributed by atoms with E-state index in [1.54, 1.807) is 7.11 Å². The molecule has 0 bridgehead atoms. The Morgan fingerprint density at radius 3 is 2.55 bits per heavy atom. The minimum absolute atomic E-state index is 0.0119. The molecule has 1 unspecified atom stereocenters. The molecule has 6 nitrogen and oxygen atoms in total. The molecule has 20 heavy (non-hydrogen) atoms. The van der Waals surface area contributed by atoms with Gasteiger partial charge in [0.1, 0.15) is 0 Å². The molecule has 1 aromatic carbocycles. The molecule has 2 amide bonds. The molecule has 0 radical (unpaired) electrons. The maximum atomic E-state index is 11.6. The molecular weight excluding hydrogens is 258 g/mol. The maximum Gasteiger partial charge on any atom is 0.319 e. The van der Waals surface area contributed by atoms with Gasteiger partial charge in [-0.25, -0.2) is 4.79 Å². The van der Waals surface area contributed by atoms with Crippen molar-refractivity contribution in [3.8, 4) is 0 Å². The first-order chi connectivity index (χ1) is 9.63. The van der Waals surface area contributed by atoms with E-state index in [1.165, 1.54) is 0 Å². The number of methoxy groups -OCH3 is 1. The van der Waals surface area contributed by atoms with Crippen LogP contribution in [-0.2, 0) is 9.47 Å². The first-order valence-electron chi connectivity index (χ1n) is 6.60. The van der Waals surface area contributed by atoms with E-state index in [1.807, 2.05) is 31.2 Å². The van der Waals surface area contributed by atoms with Crippen LogP contribution in [0.2, 0.25) is 0 Å². The number of carbonyl (C=O) groups excluding carboxylic acids is 1. The Morgan fingerprint density at radius 2 is 1.95 bits per heavy atom. The number of anilines is 1. The Balaban J connectivity index is 2.21. The summed E-state index contributed by atoms with van der Waals surface area (Å²) in [5.74, 6) is 0. The number of hydrogen-bond acceptors (Lipinski definition) is 4. The molecule has 0 fully saturated rings. The van der Waals surface area contributed by atoms with Crippen molar-refractivity contribution in [1.29, 1.82) is 0 Å². The summed E-state index contributed by atoms with van der Waals surface area (Å²) in [7, 11) is 1.62. The number of nitrogens with two attached hydrogens (primary N) is 1. The summed E-state index contributed by atoms with van der Waals surface area (Å²) in [6.45, 7) is 3.91. The van der Waals surface area contributed by atoms with Crippen molar-refractivity contribution >= 4 is 11.7 Å². The summed E-state index contributed by atoms with van der Waals surface area (Å²) in [5.41, 5.74) is 7.52. The first-order valence-corrected chi connectivity index (χ1v) is 6.60. The molecule has 4 N–H and O–H groups in total. The number of ether oxygens (including phenoxy) is 2. The highest BCUT2D eigenvalue weighted by molar-refractivity contribution is 5.89. The smallest absolute Gasteiger partial charge is 0.319 e. The second kappa shape index (κ2) is 9.30. The van der Waals surface area contributed by atoms with Gasteiger partial charge in [-0.15, -0.1) is 0 Å². The van der Waals surface area contributed by atoms with Gasteiger partial charge in [0.2, 0.25) is 0 Å². The van der Waals surface area contributed by atoms with Crippen molar-refractivity contribution in [3.63, 3.8) is 0 Å². The summed E-state index contributed by atoms with van der Waals surface area (Å²) in [4.78, 5) is 11.6. The largest absolute Gasteiger partial charge is 0.382 e. The Hall–Kier alpha value is -1.63. The Kier molecular flexibility index (Phi) is 7.64. The molecule has 0 aliphatic heterocycles. The molecule has 0 spiro atoms. The van der Waals surface area contributed by atoms with E-state index >= 15 is 0 Å². The van der Waals surface area contributed by atoms with Crippen LogP contribution < -0.4 is 16.4 Å². The molecule has 1 atom stereocenters. The van der Waals surface area contributed by atoms with Crippen LogP contribution in [0.15, 0.2) is 24.3 Å². The molecular formula is C14H23N3O3. The quantitative estimate of drug-likeness (QED) is 0.630. The highest BCUT2D eigenvalue weighted by Crippen LogP contribution is 2.13. The lowest BCUT2D eigenvalue weighted by molar-refractivity contribution is 0.0728. The third-order valence-corrected chi connectivity index (χ3v) is 2.66. The Bertz CT molecular complexity index is 393. The third kappa shape index (κ3) is 6.51. The van der Waals surface area contributed by atoms with Crippen LogP contribution in [0.25, 0.3) is 0 Å². The standard InChI is InChI=1S/C14H23N3O3/c1-11(15)12-3-5-13(6-4-12)17-14(18)16-7-8-20-10-9-19-2/h3-6,11H,7-10,15H2,1-2H3,(H2,16,17,18). The number of amides is 2. The summed E-state index contributed by atoms with van der Waals surface area (Å²) in [6, 6.07) is 7.18. The van der Waals surface area contributed by atoms with Crippen LogP contribution in [-0.4, -0.2) is 39.5 Å². The minimum Gasteiger partial charge on any atom is -0.382 e. The molecule has 6 heteroatoms. The van der Waals surface area contributed by atoms with E-state index in [0.29, 0.717) is 26.4 Å². The van der Waals surface area contributed by atoms with Crippen LogP contribution in [0.3, 0.4) is 0 Å².